The molecule has 3 aliphatic carbocycles. The van der Waals surface area contributed by atoms with Crippen molar-refractivity contribution in [2.75, 3.05) is 6.61 Å². The topological polar surface area (TPSA) is 77.8 Å². The highest BCUT2D eigenvalue weighted by atomic mass is 16.3. The van der Waals surface area contributed by atoms with Crippen LogP contribution in [0.1, 0.15) is 53.4 Å². The second kappa shape index (κ2) is 5.79. The highest BCUT2D eigenvalue weighted by Crippen LogP contribution is 2.59. The summed E-state index contributed by atoms with van der Waals surface area (Å²) >= 11 is 0. The summed E-state index contributed by atoms with van der Waals surface area (Å²) in [6, 6.07) is 0. The summed E-state index contributed by atoms with van der Waals surface area (Å²) in [6.07, 6.45) is 3.33. The van der Waals surface area contributed by atoms with Crippen LogP contribution >= 0.6 is 0 Å². The molecule has 4 nitrogen and oxygen atoms in total. The number of hydrogen-bond acceptors (Lipinski definition) is 4. The number of allylic oxidation sites excluding steroid dienone is 2. The lowest BCUT2D eigenvalue weighted by atomic mass is 9.65. The largest absolute Gasteiger partial charge is 0.392 e. The van der Waals surface area contributed by atoms with Crippen molar-refractivity contribution in [2.24, 2.45) is 22.7 Å². The molecule has 3 aliphatic rings. The molecule has 0 aromatic heterocycles. The van der Waals surface area contributed by atoms with Gasteiger partial charge in [-0.3, -0.25) is 4.79 Å². The molecule has 0 saturated heterocycles. The van der Waals surface area contributed by atoms with Gasteiger partial charge in [0.15, 0.2) is 5.78 Å². The zero-order chi connectivity index (χ0) is 17.9. The molecule has 0 spiro atoms. The van der Waals surface area contributed by atoms with E-state index < -0.39 is 12.2 Å². The van der Waals surface area contributed by atoms with E-state index in [2.05, 4.69) is 27.7 Å². The van der Waals surface area contributed by atoms with Crippen molar-refractivity contribution in [3.63, 3.8) is 0 Å². The van der Waals surface area contributed by atoms with Crippen LogP contribution in [0.4, 0.5) is 0 Å². The van der Waals surface area contributed by atoms with Gasteiger partial charge in [0.1, 0.15) is 6.10 Å². The minimum Gasteiger partial charge on any atom is -0.392 e. The number of aliphatic hydroxyl groups is 3. The maximum absolute atomic E-state index is 12.3. The molecular weight excluding hydrogens is 304 g/mol. The Labute approximate surface area is 144 Å². The summed E-state index contributed by atoms with van der Waals surface area (Å²) in [5.74, 6) is 0.265. The molecule has 5 atom stereocenters. The van der Waals surface area contributed by atoms with Gasteiger partial charge in [0.05, 0.1) is 12.7 Å². The van der Waals surface area contributed by atoms with E-state index in [4.69, 9.17) is 0 Å². The zero-order valence-corrected chi connectivity index (χ0v) is 15.2. The van der Waals surface area contributed by atoms with Crippen molar-refractivity contribution in [1.29, 1.82) is 0 Å². The van der Waals surface area contributed by atoms with Crippen LogP contribution in [-0.4, -0.2) is 39.9 Å². The van der Waals surface area contributed by atoms with Gasteiger partial charge in [-0.2, -0.15) is 0 Å². The van der Waals surface area contributed by atoms with Gasteiger partial charge < -0.3 is 15.3 Å². The number of carbonyl (C=O) groups excluding carboxylic acids is 1. The minimum atomic E-state index is -0.894. The number of rotatable bonds is 2. The van der Waals surface area contributed by atoms with Crippen LogP contribution in [0.25, 0.3) is 0 Å². The Morgan fingerprint density at radius 1 is 1.21 bits per heavy atom. The molecular formula is C20H30O4. The Bertz CT molecular complexity index is 617. The van der Waals surface area contributed by atoms with Gasteiger partial charge in [0.2, 0.25) is 0 Å². The molecule has 1 saturated carbocycles. The summed E-state index contributed by atoms with van der Waals surface area (Å²) in [5.41, 5.74) is 1.81. The summed E-state index contributed by atoms with van der Waals surface area (Å²) in [7, 11) is 0. The normalized spacial score (nSPS) is 42.8. The lowest BCUT2D eigenvalue weighted by Gasteiger charge is -2.38. The molecule has 0 amide bonds. The maximum Gasteiger partial charge on any atom is 0.161 e. The van der Waals surface area contributed by atoms with Crippen LogP contribution in [0.3, 0.4) is 0 Å². The van der Waals surface area contributed by atoms with Crippen LogP contribution in [-0.2, 0) is 4.79 Å². The Balaban J connectivity index is 2.20. The van der Waals surface area contributed by atoms with Crippen LogP contribution in [0.2, 0.25) is 0 Å². The predicted molar refractivity (Wildman–Crippen MR) is 92.2 cm³/mol. The monoisotopic (exact) mass is 334 g/mol. The van der Waals surface area contributed by atoms with E-state index in [-0.39, 0.29) is 35.1 Å². The SMILES string of the molecule is CC(C)[C@H]1[C@@H](O)[C@@H](O)C2=CC3=C(CO)C(=O)CC[C@@]3(C)CC[C@@]21C. The number of ketones is 1. The fourth-order valence-electron chi connectivity index (χ4n) is 5.55. The van der Waals surface area contributed by atoms with Gasteiger partial charge in [0, 0.05) is 12.0 Å². The highest BCUT2D eigenvalue weighted by molar-refractivity contribution is 5.98. The zero-order valence-electron chi connectivity index (χ0n) is 15.2. The number of aliphatic hydroxyl groups excluding tert-OH is 3. The summed E-state index contributed by atoms with van der Waals surface area (Å²) in [5, 5.41) is 31.1. The van der Waals surface area contributed by atoms with Crippen LogP contribution in [0.15, 0.2) is 22.8 Å². The molecule has 3 rings (SSSR count). The minimum absolute atomic E-state index is 0.00335. The average molecular weight is 334 g/mol. The van der Waals surface area contributed by atoms with E-state index in [0.717, 1.165) is 30.4 Å². The molecule has 0 bridgehead atoms. The van der Waals surface area contributed by atoms with E-state index in [0.29, 0.717) is 12.0 Å². The maximum atomic E-state index is 12.3. The van der Waals surface area contributed by atoms with Crippen molar-refractivity contribution in [2.45, 2.75) is 65.6 Å². The first-order chi connectivity index (χ1) is 11.2. The van der Waals surface area contributed by atoms with Gasteiger partial charge in [-0.25, -0.2) is 0 Å². The van der Waals surface area contributed by atoms with Crippen molar-refractivity contribution >= 4 is 5.78 Å². The Morgan fingerprint density at radius 2 is 1.88 bits per heavy atom. The fraction of sp³-hybridized carbons (Fsp3) is 0.750. The number of fused-ring (bicyclic) bond motifs is 2. The summed E-state index contributed by atoms with van der Waals surface area (Å²) < 4.78 is 0. The Hall–Kier alpha value is -0.970. The van der Waals surface area contributed by atoms with E-state index in [1.54, 1.807) is 0 Å². The molecule has 0 aromatic rings. The van der Waals surface area contributed by atoms with Crippen LogP contribution in [0.5, 0.6) is 0 Å². The van der Waals surface area contributed by atoms with Gasteiger partial charge in [-0.15, -0.1) is 0 Å². The third-order valence-electron chi connectivity index (χ3n) is 6.99. The summed E-state index contributed by atoms with van der Waals surface area (Å²) in [4.78, 5) is 12.3. The van der Waals surface area contributed by atoms with Crippen LogP contribution in [0, 0.1) is 22.7 Å². The first-order valence-corrected chi connectivity index (χ1v) is 9.11. The van der Waals surface area contributed by atoms with Crippen LogP contribution < -0.4 is 0 Å². The molecule has 0 aromatic carbocycles. The lowest BCUT2D eigenvalue weighted by Crippen LogP contribution is -2.35. The molecule has 3 N–H and O–H groups in total. The number of hydrogen-bond donors (Lipinski definition) is 3. The lowest BCUT2D eigenvalue weighted by molar-refractivity contribution is -0.117. The van der Waals surface area contributed by atoms with E-state index in [1.807, 2.05) is 6.08 Å². The Morgan fingerprint density at radius 3 is 2.46 bits per heavy atom. The third-order valence-corrected chi connectivity index (χ3v) is 6.99. The molecule has 0 aliphatic heterocycles. The summed E-state index contributed by atoms with van der Waals surface area (Å²) in [6.45, 7) is 8.24. The van der Waals surface area contributed by atoms with Crippen molar-refractivity contribution < 1.29 is 20.1 Å². The molecule has 134 valence electrons. The van der Waals surface area contributed by atoms with E-state index >= 15 is 0 Å². The highest BCUT2D eigenvalue weighted by Gasteiger charge is 2.56. The van der Waals surface area contributed by atoms with Crippen molar-refractivity contribution in [1.82, 2.24) is 0 Å². The first-order valence-electron chi connectivity index (χ1n) is 9.11. The second-order valence-corrected chi connectivity index (χ2v) is 8.76. The number of Topliss-reactive ketones (excluding diaryl/α,β-unsaturated/α-hetero) is 1. The Kier molecular flexibility index (Phi) is 4.30. The molecule has 0 radical (unpaired) electrons. The van der Waals surface area contributed by atoms with Gasteiger partial charge in [-0.1, -0.05) is 33.8 Å². The average Bonchev–Trinajstić information content (AvgIpc) is 2.62. The molecule has 0 unspecified atom stereocenters. The molecule has 4 heteroatoms. The fourth-order valence-corrected chi connectivity index (χ4v) is 5.55. The quantitative estimate of drug-likeness (QED) is 0.724. The van der Waals surface area contributed by atoms with Gasteiger partial charge in [-0.05, 0) is 53.1 Å². The molecule has 0 heterocycles. The molecule has 1 fully saturated rings. The van der Waals surface area contributed by atoms with E-state index in [9.17, 15) is 20.1 Å². The third kappa shape index (κ3) is 2.34. The molecule has 24 heavy (non-hydrogen) atoms. The second-order valence-electron chi connectivity index (χ2n) is 8.76. The van der Waals surface area contributed by atoms with Gasteiger partial charge >= 0.3 is 0 Å². The predicted octanol–water partition coefficient (Wildman–Crippen LogP) is 2.38. The van der Waals surface area contributed by atoms with Crippen molar-refractivity contribution in [3.8, 4) is 0 Å². The standard InChI is InChI=1S/C20H30O4/c1-11(2)16-18(24)17(23)14-9-13-12(10-21)15(22)5-6-19(13,3)7-8-20(14,16)4/h9,11,16-18,21,23-24H,5-8,10H2,1-4H3/t16-,17-,18+,19-,20-/m0/s1. The van der Waals surface area contributed by atoms with Gasteiger partial charge in [0.25, 0.3) is 0 Å². The van der Waals surface area contributed by atoms with Crippen molar-refractivity contribution in [3.05, 3.63) is 22.8 Å². The first kappa shape index (κ1) is 17.8. The van der Waals surface area contributed by atoms with E-state index in [1.165, 1.54) is 0 Å². The number of carbonyl (C=O) groups is 1. The smallest absolute Gasteiger partial charge is 0.161 e.